The van der Waals surface area contributed by atoms with E-state index in [1.54, 1.807) is 29.2 Å². The third-order valence-corrected chi connectivity index (χ3v) is 6.65. The number of nitrogens with one attached hydrogen (secondary N) is 1. The van der Waals surface area contributed by atoms with E-state index < -0.39 is 0 Å². The highest BCUT2D eigenvalue weighted by Gasteiger charge is 2.30. The molecule has 4 aromatic rings. The normalized spacial score (nSPS) is 23.2. The molecule has 33 heavy (non-hydrogen) atoms. The number of carbonyl (C=O) groups is 1. The van der Waals surface area contributed by atoms with Crippen LogP contribution in [0.1, 0.15) is 55.4 Å². The van der Waals surface area contributed by atoms with Gasteiger partial charge in [-0.25, -0.2) is 9.50 Å². The molecule has 6 rings (SSSR count). The number of benzene rings is 1. The third-order valence-electron chi connectivity index (χ3n) is 6.65. The number of anilines is 1. The Bertz CT molecular complexity index is 1340. The van der Waals surface area contributed by atoms with Crippen molar-refractivity contribution < 1.29 is 14.6 Å². The zero-order chi connectivity index (χ0) is 22.5. The fourth-order valence-corrected chi connectivity index (χ4v) is 4.73. The van der Waals surface area contributed by atoms with Gasteiger partial charge in [0.1, 0.15) is 11.4 Å². The van der Waals surface area contributed by atoms with E-state index in [1.165, 1.54) is 0 Å². The zero-order valence-electron chi connectivity index (χ0n) is 18.4. The van der Waals surface area contributed by atoms with Crippen LogP contribution in [0.2, 0.25) is 0 Å². The van der Waals surface area contributed by atoms with E-state index in [0.717, 1.165) is 43.0 Å². The molecule has 0 spiro atoms. The fourth-order valence-electron chi connectivity index (χ4n) is 4.73. The summed E-state index contributed by atoms with van der Waals surface area (Å²) in [6, 6.07) is 5.74. The number of nitrogens with zero attached hydrogens (tertiary/aromatic N) is 5. The lowest BCUT2D eigenvalue weighted by atomic mass is 9.84. The van der Waals surface area contributed by atoms with E-state index in [2.05, 4.69) is 22.3 Å². The number of aromatic nitrogens is 5. The minimum Gasteiger partial charge on any atom is -0.490 e. The fraction of sp³-hybridized carbons (Fsp3) is 0.417. The van der Waals surface area contributed by atoms with Crippen molar-refractivity contribution in [1.82, 2.24) is 24.4 Å². The Morgan fingerprint density at radius 1 is 1.24 bits per heavy atom. The second kappa shape index (κ2) is 7.84. The van der Waals surface area contributed by atoms with Gasteiger partial charge in [0, 0.05) is 30.0 Å². The first-order chi connectivity index (χ1) is 16.0. The highest BCUT2D eigenvalue weighted by Crippen LogP contribution is 2.36. The Morgan fingerprint density at radius 3 is 2.94 bits per heavy atom. The molecule has 170 valence electrons. The van der Waals surface area contributed by atoms with Crippen LogP contribution >= 0.6 is 0 Å². The molecular weight excluding hydrogens is 420 g/mol. The number of hydrogen-bond donors (Lipinski definition) is 2. The maximum Gasteiger partial charge on any atom is 0.259 e. The van der Waals surface area contributed by atoms with Gasteiger partial charge in [0.25, 0.3) is 5.91 Å². The van der Waals surface area contributed by atoms with Gasteiger partial charge in [-0.05, 0) is 50.2 Å². The summed E-state index contributed by atoms with van der Waals surface area (Å²) in [5.74, 6) is 0.607. The van der Waals surface area contributed by atoms with Gasteiger partial charge in [0.05, 0.1) is 35.5 Å². The molecule has 2 saturated carbocycles. The standard InChI is InChI=1S/C24H26N6O3/c1-14-9-16(31)3-6-21(14)30-13-15-10-18(22(11-19(15)28-30)33-17-4-5-17)24(32)27-20-12-26-29-8-2-7-25-23(20)29/h2,7-8,10-14,16-17,21,31H,3-6,9H2,1H3,(H,27,32)/t14-,16-,21-/m0/s1. The number of ether oxygens (including phenoxy) is 1. The maximum absolute atomic E-state index is 13.3. The molecule has 2 fully saturated rings. The lowest BCUT2D eigenvalue weighted by molar-refractivity contribution is 0.0750. The van der Waals surface area contributed by atoms with Crippen molar-refractivity contribution in [3.63, 3.8) is 0 Å². The average molecular weight is 447 g/mol. The summed E-state index contributed by atoms with van der Waals surface area (Å²) in [7, 11) is 0. The SMILES string of the molecule is C[C@H]1C[C@@H](O)CC[C@@H]1n1cc2cc(C(=O)Nc3cnn4cccnc34)c(OC3CC3)cc2n1. The number of hydrogen-bond acceptors (Lipinski definition) is 6. The molecule has 0 unspecified atom stereocenters. The molecule has 9 heteroatoms. The van der Waals surface area contributed by atoms with Gasteiger partial charge >= 0.3 is 0 Å². The van der Waals surface area contributed by atoms with Gasteiger partial charge in [-0.1, -0.05) is 6.92 Å². The van der Waals surface area contributed by atoms with Crippen molar-refractivity contribution in [1.29, 1.82) is 0 Å². The van der Waals surface area contributed by atoms with Crippen LogP contribution in [0.4, 0.5) is 5.69 Å². The predicted molar refractivity (Wildman–Crippen MR) is 122 cm³/mol. The third kappa shape index (κ3) is 3.82. The Balaban J connectivity index is 1.35. The van der Waals surface area contributed by atoms with Crippen molar-refractivity contribution in [2.24, 2.45) is 5.92 Å². The van der Waals surface area contributed by atoms with Gasteiger partial charge < -0.3 is 15.2 Å². The first-order valence-electron chi connectivity index (χ1n) is 11.5. The molecule has 0 aliphatic heterocycles. The van der Waals surface area contributed by atoms with Gasteiger partial charge in [0.2, 0.25) is 0 Å². The van der Waals surface area contributed by atoms with Crippen molar-refractivity contribution in [3.8, 4) is 5.75 Å². The van der Waals surface area contributed by atoms with Crippen LogP contribution in [-0.4, -0.2) is 47.6 Å². The number of carbonyl (C=O) groups excluding carboxylic acids is 1. The second-order valence-corrected chi connectivity index (χ2v) is 9.25. The summed E-state index contributed by atoms with van der Waals surface area (Å²) in [5, 5.41) is 22.9. The van der Waals surface area contributed by atoms with Crippen molar-refractivity contribution in [2.45, 2.75) is 57.3 Å². The Kier molecular flexibility index (Phi) is 4.79. The van der Waals surface area contributed by atoms with Crippen LogP contribution in [0.15, 0.2) is 43.0 Å². The van der Waals surface area contributed by atoms with Crippen molar-refractivity contribution >= 4 is 28.1 Å². The smallest absolute Gasteiger partial charge is 0.259 e. The number of aliphatic hydroxyl groups is 1. The molecule has 3 heterocycles. The number of amides is 1. The number of aliphatic hydroxyl groups excluding tert-OH is 1. The molecule has 3 atom stereocenters. The minimum atomic E-state index is -0.269. The van der Waals surface area contributed by atoms with Gasteiger partial charge in [-0.2, -0.15) is 10.2 Å². The molecule has 0 saturated heterocycles. The van der Waals surface area contributed by atoms with Crippen molar-refractivity contribution in [2.75, 3.05) is 5.32 Å². The zero-order valence-corrected chi connectivity index (χ0v) is 18.4. The summed E-state index contributed by atoms with van der Waals surface area (Å²) in [6.45, 7) is 2.16. The molecule has 0 bridgehead atoms. The predicted octanol–water partition coefficient (Wildman–Crippen LogP) is 3.59. The average Bonchev–Trinajstić information content (AvgIpc) is 3.38. The molecule has 0 radical (unpaired) electrons. The number of fused-ring (bicyclic) bond motifs is 2. The molecule has 3 aromatic heterocycles. The lowest BCUT2D eigenvalue weighted by Crippen LogP contribution is -2.28. The van der Waals surface area contributed by atoms with Gasteiger partial charge in [-0.15, -0.1) is 0 Å². The quantitative estimate of drug-likeness (QED) is 0.485. The highest BCUT2D eigenvalue weighted by atomic mass is 16.5. The molecule has 1 aromatic carbocycles. The van der Waals surface area contributed by atoms with Crippen LogP contribution in [-0.2, 0) is 0 Å². The van der Waals surface area contributed by atoms with Gasteiger partial charge in [0.15, 0.2) is 5.65 Å². The number of rotatable bonds is 5. The van der Waals surface area contributed by atoms with Crippen LogP contribution in [0, 0.1) is 5.92 Å². The minimum absolute atomic E-state index is 0.148. The van der Waals surface area contributed by atoms with Crippen molar-refractivity contribution in [3.05, 3.63) is 48.5 Å². The molecule has 2 aliphatic carbocycles. The Morgan fingerprint density at radius 2 is 2.12 bits per heavy atom. The second-order valence-electron chi connectivity index (χ2n) is 9.25. The Labute approximate surface area is 190 Å². The van der Waals surface area contributed by atoms with E-state index >= 15 is 0 Å². The van der Waals surface area contributed by atoms with E-state index in [0.29, 0.717) is 28.6 Å². The molecule has 1 amide bonds. The van der Waals surface area contributed by atoms with E-state index in [1.807, 2.05) is 23.0 Å². The first kappa shape index (κ1) is 20.2. The monoisotopic (exact) mass is 446 g/mol. The summed E-state index contributed by atoms with van der Waals surface area (Å²) in [6.07, 6.45) is 11.4. The van der Waals surface area contributed by atoms with Crippen LogP contribution in [0.25, 0.3) is 16.6 Å². The summed E-state index contributed by atoms with van der Waals surface area (Å²) in [4.78, 5) is 17.6. The van der Waals surface area contributed by atoms with Crippen LogP contribution in [0.3, 0.4) is 0 Å². The van der Waals surface area contributed by atoms with Gasteiger partial charge in [-0.3, -0.25) is 9.48 Å². The van der Waals surface area contributed by atoms with E-state index in [-0.39, 0.29) is 24.2 Å². The van der Waals surface area contributed by atoms with E-state index in [9.17, 15) is 9.90 Å². The molecule has 9 nitrogen and oxygen atoms in total. The molecule has 2 aliphatic rings. The summed E-state index contributed by atoms with van der Waals surface area (Å²) in [5.41, 5.74) is 2.40. The largest absolute Gasteiger partial charge is 0.490 e. The first-order valence-corrected chi connectivity index (χ1v) is 11.5. The summed E-state index contributed by atoms with van der Waals surface area (Å²) < 4.78 is 9.72. The van der Waals surface area contributed by atoms with E-state index in [4.69, 9.17) is 9.84 Å². The van der Waals surface area contributed by atoms with Crippen LogP contribution < -0.4 is 10.1 Å². The molecular formula is C24H26N6O3. The van der Waals surface area contributed by atoms with Crippen LogP contribution in [0.5, 0.6) is 5.75 Å². The molecule has 2 N–H and O–H groups in total. The Hall–Kier alpha value is -3.46. The topological polar surface area (TPSA) is 107 Å². The maximum atomic E-state index is 13.3. The summed E-state index contributed by atoms with van der Waals surface area (Å²) >= 11 is 0. The highest BCUT2D eigenvalue weighted by molar-refractivity contribution is 6.09. The lowest BCUT2D eigenvalue weighted by Gasteiger charge is -2.31.